The van der Waals surface area contributed by atoms with Crippen LogP contribution in [0.1, 0.15) is 127 Å². The monoisotopic (exact) mass is 500 g/mol. The summed E-state index contributed by atoms with van der Waals surface area (Å²) in [6.07, 6.45) is 11.2. The number of carbonyl (C=O) groups excluding carboxylic acids is 2. The summed E-state index contributed by atoms with van der Waals surface area (Å²) in [7, 11) is 0. The number of esters is 2. The van der Waals surface area contributed by atoms with Crippen molar-refractivity contribution in [2.75, 3.05) is 0 Å². The molecule has 5 fully saturated rings. The Hall–Kier alpha value is -1.06. The first-order valence-corrected chi connectivity index (χ1v) is 14.9. The van der Waals surface area contributed by atoms with E-state index in [4.69, 9.17) is 9.47 Å². The van der Waals surface area contributed by atoms with Crippen LogP contribution in [0, 0.1) is 50.2 Å². The van der Waals surface area contributed by atoms with Gasteiger partial charge in [0.1, 0.15) is 6.10 Å². The van der Waals surface area contributed by atoms with E-state index in [-0.39, 0.29) is 34.3 Å². The third-order valence-electron chi connectivity index (χ3n) is 13.8. The molecule has 0 radical (unpaired) electrons. The number of rotatable bonds is 1. The van der Waals surface area contributed by atoms with Crippen molar-refractivity contribution >= 4 is 11.9 Å². The lowest BCUT2D eigenvalue weighted by Crippen LogP contribution is -2.67. The molecule has 0 unspecified atom stereocenters. The van der Waals surface area contributed by atoms with Crippen molar-refractivity contribution in [2.24, 2.45) is 50.2 Å². The molecule has 0 amide bonds. The Labute approximate surface area is 220 Å². The highest BCUT2D eigenvalue weighted by Crippen LogP contribution is 2.78. The van der Waals surface area contributed by atoms with Gasteiger partial charge in [0.2, 0.25) is 0 Å². The van der Waals surface area contributed by atoms with E-state index in [9.17, 15) is 9.59 Å². The van der Waals surface area contributed by atoms with Crippen molar-refractivity contribution in [3.63, 3.8) is 0 Å². The standard InChI is InChI=1S/C32H52O4/c1-20-29(6)11-10-23-30(7,24(29)18-22(26(34)35-20)36-21(2)33)15-17-32(9)25-19-27(3,4)12-13-28(25,5)14-16-31(23,32)8/h20,22-25H,10-19H2,1-9H3/t20-,22-,23+,24-,25-,28-,29-,30-,31-,32+/m1/s1. The van der Waals surface area contributed by atoms with Gasteiger partial charge in [-0.1, -0.05) is 48.5 Å². The fourth-order valence-corrected chi connectivity index (χ4v) is 11.1. The number of cyclic esters (lactones) is 1. The van der Waals surface area contributed by atoms with Crippen LogP contribution in [0.15, 0.2) is 0 Å². The second-order valence-electron chi connectivity index (χ2n) is 16.0. The van der Waals surface area contributed by atoms with Crippen molar-refractivity contribution in [1.82, 2.24) is 0 Å². The topological polar surface area (TPSA) is 52.6 Å². The minimum Gasteiger partial charge on any atom is -0.459 e. The number of hydrogen-bond donors (Lipinski definition) is 0. The number of carbonyl (C=O) groups is 2. The van der Waals surface area contributed by atoms with Crippen LogP contribution in [0.4, 0.5) is 0 Å². The average Bonchev–Trinajstić information content (AvgIpc) is 2.86. The Kier molecular flexibility index (Phi) is 5.88. The van der Waals surface area contributed by atoms with Crippen LogP contribution in [0.25, 0.3) is 0 Å². The second-order valence-corrected chi connectivity index (χ2v) is 16.0. The van der Waals surface area contributed by atoms with E-state index < -0.39 is 6.10 Å². The van der Waals surface area contributed by atoms with Gasteiger partial charge in [-0.05, 0) is 116 Å². The lowest BCUT2D eigenvalue weighted by atomic mass is 9.30. The summed E-state index contributed by atoms with van der Waals surface area (Å²) in [6, 6.07) is 0. The van der Waals surface area contributed by atoms with Gasteiger partial charge in [-0.2, -0.15) is 0 Å². The molecule has 0 aromatic carbocycles. The summed E-state index contributed by atoms with van der Waals surface area (Å²) in [5.41, 5.74) is 1.56. The smallest absolute Gasteiger partial charge is 0.347 e. The molecular weight excluding hydrogens is 448 g/mol. The van der Waals surface area contributed by atoms with E-state index in [0.717, 1.165) is 12.3 Å². The highest BCUT2D eigenvalue weighted by atomic mass is 16.6. The zero-order chi connectivity index (χ0) is 26.5. The van der Waals surface area contributed by atoms with Crippen LogP contribution < -0.4 is 0 Å². The van der Waals surface area contributed by atoms with Gasteiger partial charge in [0.05, 0.1) is 0 Å². The van der Waals surface area contributed by atoms with Gasteiger partial charge in [0, 0.05) is 12.3 Å². The van der Waals surface area contributed by atoms with Crippen LogP contribution in [0.5, 0.6) is 0 Å². The van der Waals surface area contributed by atoms with Gasteiger partial charge < -0.3 is 9.47 Å². The Morgan fingerprint density at radius 1 is 0.806 bits per heavy atom. The molecule has 4 nitrogen and oxygen atoms in total. The molecule has 0 aromatic rings. The van der Waals surface area contributed by atoms with Gasteiger partial charge in [-0.3, -0.25) is 4.79 Å². The first-order valence-electron chi connectivity index (χ1n) is 14.9. The van der Waals surface area contributed by atoms with Crippen molar-refractivity contribution in [2.45, 2.75) is 139 Å². The Morgan fingerprint density at radius 3 is 2.08 bits per heavy atom. The first kappa shape index (κ1) is 26.5. The maximum atomic E-state index is 13.0. The maximum absolute atomic E-state index is 13.0. The zero-order valence-corrected chi connectivity index (χ0v) is 24.6. The lowest BCUT2D eigenvalue weighted by molar-refractivity contribution is -0.256. The number of hydrogen-bond acceptors (Lipinski definition) is 4. The molecule has 0 N–H and O–H groups in total. The van der Waals surface area contributed by atoms with Gasteiger partial charge in [0.15, 0.2) is 6.10 Å². The first-order chi connectivity index (χ1) is 16.5. The average molecular weight is 501 g/mol. The largest absolute Gasteiger partial charge is 0.459 e. The molecule has 4 heteroatoms. The lowest BCUT2D eigenvalue weighted by Gasteiger charge is -2.74. The van der Waals surface area contributed by atoms with Crippen molar-refractivity contribution in [1.29, 1.82) is 0 Å². The fraction of sp³-hybridized carbons (Fsp3) is 0.938. The zero-order valence-electron chi connectivity index (χ0n) is 24.6. The number of ether oxygens (including phenoxy) is 2. The van der Waals surface area contributed by atoms with E-state index in [0.29, 0.717) is 34.5 Å². The van der Waals surface area contributed by atoms with Crippen molar-refractivity contribution in [3.8, 4) is 0 Å². The van der Waals surface area contributed by atoms with Crippen molar-refractivity contribution < 1.29 is 19.1 Å². The SMILES string of the molecule is CC(=O)O[C@@H]1C[C@@H]2[C@](C)(CC[C@H]3[C@@]2(C)CC[C@@]2(C)[C@@H]4CC(C)(C)CC[C@]4(C)CC[C@]32C)[C@@H](C)OC1=O. The van der Waals surface area contributed by atoms with E-state index in [1.807, 2.05) is 0 Å². The summed E-state index contributed by atoms with van der Waals surface area (Å²) in [5, 5.41) is 0. The summed E-state index contributed by atoms with van der Waals surface area (Å²) in [4.78, 5) is 24.9. The molecule has 0 aromatic heterocycles. The quantitative estimate of drug-likeness (QED) is 0.346. The molecule has 4 aliphatic carbocycles. The number of fused-ring (bicyclic) bond motifs is 7. The van der Waals surface area contributed by atoms with Gasteiger partial charge >= 0.3 is 11.9 Å². The predicted molar refractivity (Wildman–Crippen MR) is 142 cm³/mol. The Bertz CT molecular complexity index is 940. The summed E-state index contributed by atoms with van der Waals surface area (Å²) in [6.45, 7) is 21.3. The van der Waals surface area contributed by atoms with Crippen LogP contribution in [-0.2, 0) is 19.1 Å². The molecule has 10 atom stereocenters. The van der Waals surface area contributed by atoms with E-state index in [1.54, 1.807) is 0 Å². The Morgan fingerprint density at radius 2 is 1.42 bits per heavy atom. The van der Waals surface area contributed by atoms with E-state index >= 15 is 0 Å². The third-order valence-corrected chi connectivity index (χ3v) is 13.8. The molecule has 1 aliphatic heterocycles. The molecule has 0 bridgehead atoms. The fourth-order valence-electron chi connectivity index (χ4n) is 11.1. The molecule has 1 saturated heterocycles. The minimum absolute atomic E-state index is 0.0874. The van der Waals surface area contributed by atoms with Crippen LogP contribution in [0.2, 0.25) is 0 Å². The molecule has 1 heterocycles. The summed E-state index contributed by atoms with van der Waals surface area (Å²) >= 11 is 0. The maximum Gasteiger partial charge on any atom is 0.347 e. The summed E-state index contributed by atoms with van der Waals surface area (Å²) in [5.74, 6) is 0.956. The molecule has 4 saturated carbocycles. The Balaban J connectivity index is 1.55. The van der Waals surface area contributed by atoms with Gasteiger partial charge in [-0.25, -0.2) is 4.79 Å². The molecule has 0 spiro atoms. The predicted octanol–water partition coefficient (Wildman–Crippen LogP) is 7.73. The minimum atomic E-state index is -0.776. The van der Waals surface area contributed by atoms with E-state index in [2.05, 4.69) is 55.4 Å². The van der Waals surface area contributed by atoms with E-state index in [1.165, 1.54) is 58.3 Å². The molecular formula is C32H52O4. The molecule has 36 heavy (non-hydrogen) atoms. The van der Waals surface area contributed by atoms with Crippen LogP contribution in [-0.4, -0.2) is 24.1 Å². The summed E-state index contributed by atoms with van der Waals surface area (Å²) < 4.78 is 11.6. The normalized spacial score (nSPS) is 54.0. The van der Waals surface area contributed by atoms with Crippen molar-refractivity contribution in [3.05, 3.63) is 0 Å². The molecule has 5 aliphatic rings. The molecule has 5 rings (SSSR count). The van der Waals surface area contributed by atoms with Crippen LogP contribution in [0.3, 0.4) is 0 Å². The highest BCUT2D eigenvalue weighted by Gasteiger charge is 2.71. The van der Waals surface area contributed by atoms with Gasteiger partial charge in [-0.15, -0.1) is 0 Å². The highest BCUT2D eigenvalue weighted by molar-refractivity contribution is 5.79. The van der Waals surface area contributed by atoms with Crippen LogP contribution >= 0.6 is 0 Å². The second kappa shape index (κ2) is 7.98. The van der Waals surface area contributed by atoms with Gasteiger partial charge in [0.25, 0.3) is 0 Å². The third kappa shape index (κ3) is 3.50. The molecule has 204 valence electrons.